The Morgan fingerprint density at radius 1 is 1.14 bits per heavy atom. The van der Waals surface area contributed by atoms with E-state index >= 15 is 0 Å². The van der Waals surface area contributed by atoms with Gasteiger partial charge in [-0.1, -0.05) is 35.5 Å². The fourth-order valence-electron chi connectivity index (χ4n) is 3.83. The van der Waals surface area contributed by atoms with Crippen LogP contribution in [0.5, 0.6) is 11.5 Å². The summed E-state index contributed by atoms with van der Waals surface area (Å²) in [4.78, 5) is 35.9. The van der Waals surface area contributed by atoms with Crippen LogP contribution >= 0.6 is 11.3 Å². The summed E-state index contributed by atoms with van der Waals surface area (Å²) in [5.74, 6) is 1.58. The number of anilines is 1. The van der Waals surface area contributed by atoms with Gasteiger partial charge in [0.25, 0.3) is 11.4 Å². The molecule has 174 valence electrons. The van der Waals surface area contributed by atoms with E-state index in [1.54, 1.807) is 25.1 Å². The molecular weight excluding hydrogens is 470 g/mol. The van der Waals surface area contributed by atoms with Crippen molar-refractivity contribution in [1.82, 2.24) is 19.7 Å². The van der Waals surface area contributed by atoms with Gasteiger partial charge in [0.2, 0.25) is 18.5 Å². The number of hydrogen-bond acceptors (Lipinski definition) is 9. The van der Waals surface area contributed by atoms with Crippen LogP contribution < -0.4 is 20.3 Å². The monoisotopic (exact) mass is 487 g/mol. The molecule has 2 aromatic carbocycles. The molecule has 1 aliphatic rings. The van der Waals surface area contributed by atoms with Gasteiger partial charge in [0.1, 0.15) is 11.4 Å². The molecule has 0 atom stereocenters. The minimum absolute atomic E-state index is 0.146. The lowest BCUT2D eigenvalue weighted by Gasteiger charge is -2.08. The maximum absolute atomic E-state index is 13.2. The SMILES string of the molecule is Cc1c(-c2nc(-c3ccccc3)no2)sc2ncn(CC(=O)Nc3ccc4c(c3)OCO4)c(=O)c12. The molecule has 0 bridgehead atoms. The molecule has 0 aliphatic carbocycles. The van der Waals surface area contributed by atoms with Gasteiger partial charge >= 0.3 is 0 Å². The molecule has 0 saturated heterocycles. The van der Waals surface area contributed by atoms with E-state index < -0.39 is 0 Å². The van der Waals surface area contributed by atoms with E-state index in [4.69, 9.17) is 14.0 Å². The van der Waals surface area contributed by atoms with Gasteiger partial charge in [-0.15, -0.1) is 11.3 Å². The fraction of sp³-hybridized carbons (Fsp3) is 0.125. The molecule has 4 heterocycles. The average Bonchev–Trinajstić information content (AvgIpc) is 3.60. The Morgan fingerprint density at radius 3 is 2.83 bits per heavy atom. The third-order valence-corrected chi connectivity index (χ3v) is 6.73. The number of rotatable bonds is 5. The van der Waals surface area contributed by atoms with E-state index in [-0.39, 0.29) is 24.8 Å². The highest BCUT2D eigenvalue weighted by Crippen LogP contribution is 2.36. The Bertz CT molecular complexity index is 1640. The van der Waals surface area contributed by atoms with Gasteiger partial charge in [-0.05, 0) is 24.6 Å². The summed E-state index contributed by atoms with van der Waals surface area (Å²) in [5, 5.41) is 7.25. The van der Waals surface area contributed by atoms with Crippen LogP contribution in [-0.4, -0.2) is 32.4 Å². The molecule has 1 aliphatic heterocycles. The summed E-state index contributed by atoms with van der Waals surface area (Å²) >= 11 is 1.29. The topological polar surface area (TPSA) is 121 Å². The normalized spacial score (nSPS) is 12.3. The van der Waals surface area contributed by atoms with Crippen LogP contribution in [0.25, 0.3) is 32.4 Å². The van der Waals surface area contributed by atoms with Crippen LogP contribution in [0.15, 0.2) is 64.2 Å². The molecule has 11 heteroatoms. The maximum Gasteiger partial charge on any atom is 0.268 e. The van der Waals surface area contributed by atoms with Crippen molar-refractivity contribution >= 4 is 33.1 Å². The first-order valence-electron chi connectivity index (χ1n) is 10.6. The minimum Gasteiger partial charge on any atom is -0.454 e. The number of carbonyl (C=O) groups is 1. The van der Waals surface area contributed by atoms with Crippen LogP contribution in [0.1, 0.15) is 5.56 Å². The Hall–Kier alpha value is -4.51. The summed E-state index contributed by atoms with van der Waals surface area (Å²) < 4.78 is 17.4. The number of ether oxygens (including phenoxy) is 2. The Morgan fingerprint density at radius 2 is 1.97 bits per heavy atom. The van der Waals surface area contributed by atoms with Crippen LogP contribution in [0.4, 0.5) is 5.69 Å². The highest BCUT2D eigenvalue weighted by atomic mass is 32.1. The molecule has 5 aromatic rings. The summed E-state index contributed by atoms with van der Waals surface area (Å²) in [6.45, 7) is 1.76. The summed E-state index contributed by atoms with van der Waals surface area (Å²) in [6, 6.07) is 14.6. The van der Waals surface area contributed by atoms with Gasteiger partial charge in [0.05, 0.1) is 16.6 Å². The van der Waals surface area contributed by atoms with Gasteiger partial charge in [-0.2, -0.15) is 4.98 Å². The molecular formula is C24H17N5O5S. The molecule has 0 spiro atoms. The lowest BCUT2D eigenvalue weighted by Crippen LogP contribution is -2.27. The smallest absolute Gasteiger partial charge is 0.268 e. The quantitative estimate of drug-likeness (QED) is 0.397. The molecule has 0 fully saturated rings. The van der Waals surface area contributed by atoms with Gasteiger partial charge in [0, 0.05) is 17.3 Å². The van der Waals surface area contributed by atoms with Gasteiger partial charge in [-0.3, -0.25) is 14.2 Å². The lowest BCUT2D eigenvalue weighted by molar-refractivity contribution is -0.116. The van der Waals surface area contributed by atoms with Crippen molar-refractivity contribution in [3.05, 3.63) is 70.8 Å². The Labute approximate surface area is 201 Å². The highest BCUT2D eigenvalue weighted by molar-refractivity contribution is 7.22. The molecule has 35 heavy (non-hydrogen) atoms. The van der Waals surface area contributed by atoms with E-state index in [0.717, 1.165) is 5.56 Å². The predicted octanol–water partition coefficient (Wildman–Crippen LogP) is 3.85. The Balaban J connectivity index is 1.27. The van der Waals surface area contributed by atoms with E-state index in [1.165, 1.54) is 22.2 Å². The second-order valence-corrected chi connectivity index (χ2v) is 8.82. The van der Waals surface area contributed by atoms with Crippen LogP contribution in [0.3, 0.4) is 0 Å². The van der Waals surface area contributed by atoms with E-state index in [2.05, 4.69) is 20.4 Å². The standard InChI is InChI=1S/C24H17N5O5S/c1-13-19-23(35-20(13)22-27-21(28-34-22)14-5-3-2-4-6-14)25-11-29(24(19)31)10-18(30)26-15-7-8-16-17(9-15)33-12-32-16/h2-9,11H,10,12H2,1H3,(H,26,30). The number of aryl methyl sites for hydroxylation is 1. The van der Waals surface area contributed by atoms with E-state index in [9.17, 15) is 9.59 Å². The second kappa shape index (κ2) is 8.37. The summed E-state index contributed by atoms with van der Waals surface area (Å²) in [7, 11) is 0. The number of hydrogen-bond donors (Lipinski definition) is 1. The van der Waals surface area contributed by atoms with Crippen LogP contribution in [0, 0.1) is 6.92 Å². The van der Waals surface area contributed by atoms with Crippen molar-refractivity contribution < 1.29 is 18.8 Å². The second-order valence-electron chi connectivity index (χ2n) is 7.82. The zero-order valence-electron chi connectivity index (χ0n) is 18.3. The minimum atomic E-state index is -0.371. The van der Waals surface area contributed by atoms with Crippen LogP contribution in [0.2, 0.25) is 0 Å². The molecule has 0 unspecified atom stereocenters. The Kier molecular flexibility index (Phi) is 5.03. The van der Waals surface area contributed by atoms with Crippen LogP contribution in [-0.2, 0) is 11.3 Å². The fourth-order valence-corrected chi connectivity index (χ4v) is 4.89. The molecule has 3 aromatic heterocycles. The van der Waals surface area contributed by atoms with Crippen molar-refractivity contribution in [3.63, 3.8) is 0 Å². The number of nitrogens with zero attached hydrogens (tertiary/aromatic N) is 4. The van der Waals surface area contributed by atoms with Gasteiger partial charge in [-0.25, -0.2) is 4.98 Å². The average molecular weight is 487 g/mol. The summed E-state index contributed by atoms with van der Waals surface area (Å²) in [5.41, 5.74) is 1.73. The molecule has 1 amide bonds. The van der Waals surface area contributed by atoms with Gasteiger partial charge < -0.3 is 19.3 Å². The first-order valence-corrected chi connectivity index (χ1v) is 11.5. The van der Waals surface area contributed by atoms with E-state index in [1.807, 2.05) is 30.3 Å². The molecule has 10 nitrogen and oxygen atoms in total. The van der Waals surface area contributed by atoms with Crippen molar-refractivity contribution in [2.24, 2.45) is 0 Å². The first kappa shape index (κ1) is 21.1. The molecule has 6 rings (SSSR count). The van der Waals surface area contributed by atoms with Gasteiger partial charge in [0.15, 0.2) is 11.5 Å². The molecule has 0 saturated carbocycles. The molecule has 1 N–H and O–H groups in total. The largest absolute Gasteiger partial charge is 0.454 e. The number of aromatic nitrogens is 4. The van der Waals surface area contributed by atoms with Crippen molar-refractivity contribution in [1.29, 1.82) is 0 Å². The zero-order valence-corrected chi connectivity index (χ0v) is 19.2. The number of carbonyl (C=O) groups excluding carboxylic acids is 1. The first-order chi connectivity index (χ1) is 17.1. The lowest BCUT2D eigenvalue weighted by atomic mass is 10.2. The number of amides is 1. The van der Waals surface area contributed by atoms with Crippen molar-refractivity contribution in [3.8, 4) is 33.7 Å². The third kappa shape index (κ3) is 3.81. The third-order valence-electron chi connectivity index (χ3n) is 5.54. The molecule has 0 radical (unpaired) electrons. The predicted molar refractivity (Wildman–Crippen MR) is 129 cm³/mol. The van der Waals surface area contributed by atoms with Crippen molar-refractivity contribution in [2.45, 2.75) is 13.5 Å². The zero-order chi connectivity index (χ0) is 23.9. The highest BCUT2D eigenvalue weighted by Gasteiger charge is 2.21. The maximum atomic E-state index is 13.2. The summed E-state index contributed by atoms with van der Waals surface area (Å²) in [6.07, 6.45) is 1.37. The van der Waals surface area contributed by atoms with Crippen molar-refractivity contribution in [2.75, 3.05) is 12.1 Å². The van der Waals surface area contributed by atoms with E-state index in [0.29, 0.717) is 49.6 Å². The number of nitrogens with one attached hydrogen (secondary N) is 1. The number of fused-ring (bicyclic) bond motifs is 2. The number of thiophene rings is 1. The number of benzene rings is 2.